The zero-order chi connectivity index (χ0) is 20.0. The Balaban J connectivity index is 1.56. The summed E-state index contributed by atoms with van der Waals surface area (Å²) in [6.07, 6.45) is 2.51. The van der Waals surface area contributed by atoms with Crippen LogP contribution >= 0.6 is 0 Å². The molecular formula is C22H19FN4O2. The summed E-state index contributed by atoms with van der Waals surface area (Å²) < 4.78 is 20.8. The highest BCUT2D eigenvalue weighted by atomic mass is 19.1. The normalized spacial score (nSPS) is 20.7. The first-order valence-electron chi connectivity index (χ1n) is 9.46. The highest BCUT2D eigenvalue weighted by Crippen LogP contribution is 2.43. The second-order valence-corrected chi connectivity index (χ2v) is 7.30. The molecule has 29 heavy (non-hydrogen) atoms. The van der Waals surface area contributed by atoms with Gasteiger partial charge in [0.15, 0.2) is 5.78 Å². The maximum atomic E-state index is 13.9. The van der Waals surface area contributed by atoms with Crippen LogP contribution in [0.1, 0.15) is 35.9 Å². The van der Waals surface area contributed by atoms with E-state index in [1.54, 1.807) is 17.9 Å². The standard InChI is InChI=1S/C22H19FN4O2/c1-29-17-7-5-13(6-8-17)15-10-18-20(19(28)11-15)21(14-3-2-4-16(23)9-14)27-22(26-18)24-12-25-27/h2-9,12,15,21H,10-11H2,1H3,(H,24,25,26)/t15-,21-/m0/s1. The molecule has 2 heterocycles. The molecule has 0 radical (unpaired) electrons. The van der Waals surface area contributed by atoms with Crippen LogP contribution in [0.5, 0.6) is 5.75 Å². The lowest BCUT2D eigenvalue weighted by Gasteiger charge is -2.35. The van der Waals surface area contributed by atoms with Crippen molar-refractivity contribution < 1.29 is 13.9 Å². The molecule has 2 atom stereocenters. The summed E-state index contributed by atoms with van der Waals surface area (Å²) in [5.74, 6) is 1.09. The van der Waals surface area contributed by atoms with Crippen molar-refractivity contribution in [1.29, 1.82) is 0 Å². The molecule has 6 nitrogen and oxygen atoms in total. The molecule has 0 spiro atoms. The number of nitrogens with one attached hydrogen (secondary N) is 1. The third-order valence-corrected chi connectivity index (χ3v) is 5.61. The number of hydrogen-bond donors (Lipinski definition) is 1. The number of benzene rings is 2. The molecule has 1 aliphatic carbocycles. The molecule has 2 aromatic carbocycles. The largest absolute Gasteiger partial charge is 0.497 e. The quantitative estimate of drug-likeness (QED) is 0.736. The number of carbonyl (C=O) groups is 1. The van der Waals surface area contributed by atoms with E-state index in [4.69, 9.17) is 4.74 Å². The van der Waals surface area contributed by atoms with E-state index in [1.165, 1.54) is 18.5 Å². The molecular weight excluding hydrogens is 371 g/mol. The Morgan fingerprint density at radius 1 is 1.14 bits per heavy atom. The van der Waals surface area contributed by atoms with Gasteiger partial charge >= 0.3 is 0 Å². The van der Waals surface area contributed by atoms with Gasteiger partial charge in [-0.2, -0.15) is 10.1 Å². The van der Waals surface area contributed by atoms with Gasteiger partial charge < -0.3 is 10.1 Å². The van der Waals surface area contributed by atoms with Crippen LogP contribution < -0.4 is 10.1 Å². The zero-order valence-corrected chi connectivity index (χ0v) is 15.8. The summed E-state index contributed by atoms with van der Waals surface area (Å²) >= 11 is 0. The molecule has 2 aliphatic rings. The van der Waals surface area contributed by atoms with E-state index < -0.39 is 6.04 Å². The summed E-state index contributed by atoms with van der Waals surface area (Å²) in [5, 5.41) is 7.56. The van der Waals surface area contributed by atoms with Gasteiger partial charge in [0, 0.05) is 17.7 Å². The minimum atomic E-state index is -0.483. The first kappa shape index (κ1) is 17.6. The van der Waals surface area contributed by atoms with Gasteiger partial charge in [-0.05, 0) is 47.7 Å². The number of Topliss-reactive ketones (excluding diaryl/α,β-unsaturated/α-hetero) is 1. The molecule has 0 saturated carbocycles. The third kappa shape index (κ3) is 2.99. The van der Waals surface area contributed by atoms with Gasteiger partial charge in [0.25, 0.3) is 0 Å². The highest BCUT2D eigenvalue weighted by molar-refractivity contribution is 6.00. The SMILES string of the molecule is COc1ccc([C@@H]2CC(=O)C3=C(C2)Nc2ncnn2[C@H]3c2cccc(F)c2)cc1. The Hall–Kier alpha value is -3.48. The van der Waals surface area contributed by atoms with Gasteiger partial charge in [0.05, 0.1) is 7.11 Å². The van der Waals surface area contributed by atoms with Crippen LogP contribution in [-0.4, -0.2) is 27.7 Å². The van der Waals surface area contributed by atoms with Crippen LogP contribution in [0.15, 0.2) is 66.1 Å². The minimum Gasteiger partial charge on any atom is -0.497 e. The fourth-order valence-corrected chi connectivity index (χ4v) is 4.25. The van der Waals surface area contributed by atoms with E-state index in [-0.39, 0.29) is 17.5 Å². The summed E-state index contributed by atoms with van der Waals surface area (Å²) in [6.45, 7) is 0. The van der Waals surface area contributed by atoms with Crippen molar-refractivity contribution in [1.82, 2.24) is 14.8 Å². The number of aromatic nitrogens is 3. The lowest BCUT2D eigenvalue weighted by molar-refractivity contribution is -0.116. The van der Waals surface area contributed by atoms with Crippen LogP contribution in [0.3, 0.4) is 0 Å². The number of anilines is 1. The smallest absolute Gasteiger partial charge is 0.226 e. The number of halogens is 1. The number of hydrogen-bond acceptors (Lipinski definition) is 5. The Kier molecular flexibility index (Phi) is 4.16. The summed E-state index contributed by atoms with van der Waals surface area (Å²) in [6, 6.07) is 13.6. The average molecular weight is 390 g/mol. The van der Waals surface area contributed by atoms with E-state index >= 15 is 0 Å². The van der Waals surface area contributed by atoms with Crippen LogP contribution in [0.2, 0.25) is 0 Å². The van der Waals surface area contributed by atoms with Gasteiger partial charge in [-0.25, -0.2) is 9.07 Å². The molecule has 1 N–H and O–H groups in total. The number of ether oxygens (including phenoxy) is 1. The molecule has 146 valence electrons. The number of nitrogens with zero attached hydrogens (tertiary/aromatic N) is 3. The fraction of sp³-hybridized carbons (Fsp3) is 0.227. The van der Waals surface area contributed by atoms with Gasteiger partial charge in [-0.1, -0.05) is 24.3 Å². The van der Waals surface area contributed by atoms with Gasteiger partial charge in [0.1, 0.15) is 23.9 Å². The van der Waals surface area contributed by atoms with Crippen LogP contribution in [-0.2, 0) is 4.79 Å². The monoisotopic (exact) mass is 390 g/mol. The lowest BCUT2D eigenvalue weighted by atomic mass is 9.78. The van der Waals surface area contributed by atoms with Gasteiger partial charge in [-0.3, -0.25) is 4.79 Å². The highest BCUT2D eigenvalue weighted by Gasteiger charge is 2.39. The molecule has 0 saturated heterocycles. The van der Waals surface area contributed by atoms with Crippen LogP contribution in [0.4, 0.5) is 10.3 Å². The molecule has 0 fully saturated rings. The Labute approximate surface area is 167 Å². The van der Waals surface area contributed by atoms with E-state index in [0.717, 1.165) is 17.0 Å². The first-order valence-corrected chi connectivity index (χ1v) is 9.46. The third-order valence-electron chi connectivity index (χ3n) is 5.61. The number of ketones is 1. The Morgan fingerprint density at radius 3 is 2.72 bits per heavy atom. The van der Waals surface area contributed by atoms with Crippen molar-refractivity contribution in [2.24, 2.45) is 0 Å². The molecule has 1 aliphatic heterocycles. The zero-order valence-electron chi connectivity index (χ0n) is 15.8. The van der Waals surface area contributed by atoms with E-state index in [2.05, 4.69) is 15.4 Å². The maximum absolute atomic E-state index is 13.9. The number of rotatable bonds is 3. The predicted molar refractivity (Wildman–Crippen MR) is 105 cm³/mol. The average Bonchev–Trinajstić information content (AvgIpc) is 3.20. The second-order valence-electron chi connectivity index (χ2n) is 7.30. The lowest BCUT2D eigenvalue weighted by Crippen LogP contribution is -2.33. The topological polar surface area (TPSA) is 69.0 Å². The van der Waals surface area contributed by atoms with E-state index in [1.807, 2.05) is 30.3 Å². The van der Waals surface area contributed by atoms with Crippen LogP contribution in [0.25, 0.3) is 0 Å². The van der Waals surface area contributed by atoms with Gasteiger partial charge in [-0.15, -0.1) is 0 Å². The number of methoxy groups -OCH3 is 1. The number of fused-ring (bicyclic) bond motifs is 1. The number of carbonyl (C=O) groups excluding carboxylic acids is 1. The second kappa shape index (κ2) is 6.84. The van der Waals surface area contributed by atoms with Crippen molar-refractivity contribution in [2.75, 3.05) is 12.4 Å². The number of allylic oxidation sites excluding steroid dienone is 2. The molecule has 3 aromatic rings. The molecule has 7 heteroatoms. The van der Waals surface area contributed by atoms with Crippen molar-refractivity contribution in [3.05, 3.63) is 83.1 Å². The summed E-state index contributed by atoms with van der Waals surface area (Å²) in [4.78, 5) is 17.5. The molecule has 1 aromatic heterocycles. The van der Waals surface area contributed by atoms with Crippen molar-refractivity contribution in [3.8, 4) is 5.75 Å². The summed E-state index contributed by atoms with van der Waals surface area (Å²) in [7, 11) is 1.63. The van der Waals surface area contributed by atoms with Crippen molar-refractivity contribution in [3.63, 3.8) is 0 Å². The molecule has 0 bridgehead atoms. The van der Waals surface area contributed by atoms with Crippen molar-refractivity contribution >= 4 is 11.7 Å². The van der Waals surface area contributed by atoms with Gasteiger partial charge in [0.2, 0.25) is 5.95 Å². The van der Waals surface area contributed by atoms with E-state index in [9.17, 15) is 9.18 Å². The molecule has 0 unspecified atom stereocenters. The molecule has 5 rings (SSSR count). The van der Waals surface area contributed by atoms with Crippen molar-refractivity contribution in [2.45, 2.75) is 24.8 Å². The Bertz CT molecular complexity index is 1120. The summed E-state index contributed by atoms with van der Waals surface area (Å²) in [5.41, 5.74) is 3.24. The maximum Gasteiger partial charge on any atom is 0.226 e. The predicted octanol–water partition coefficient (Wildman–Crippen LogP) is 3.84. The van der Waals surface area contributed by atoms with E-state index in [0.29, 0.717) is 29.9 Å². The first-order chi connectivity index (χ1) is 14.1. The Morgan fingerprint density at radius 2 is 1.97 bits per heavy atom. The van der Waals surface area contributed by atoms with Crippen LogP contribution in [0, 0.1) is 5.82 Å². The molecule has 0 amide bonds. The fourth-order valence-electron chi connectivity index (χ4n) is 4.25. The minimum absolute atomic E-state index is 0.0370.